The van der Waals surface area contributed by atoms with E-state index in [0.29, 0.717) is 5.56 Å². The summed E-state index contributed by atoms with van der Waals surface area (Å²) in [6.07, 6.45) is -0.817. The summed E-state index contributed by atoms with van der Waals surface area (Å²) in [4.78, 5) is 51.9. The molecule has 0 bridgehead atoms. The molecule has 0 aliphatic carbocycles. The van der Waals surface area contributed by atoms with Gasteiger partial charge in [0.1, 0.15) is 24.2 Å². The number of rotatable bonds is 10. The smallest absolute Gasteiger partial charge is 0.408 e. The van der Waals surface area contributed by atoms with Gasteiger partial charge in [-0.15, -0.1) is 0 Å². The third kappa shape index (κ3) is 8.53. The van der Waals surface area contributed by atoms with Crippen LogP contribution in [0.4, 0.5) is 4.79 Å². The number of alkyl carbamates (subject to hydrolysis) is 1. The predicted molar refractivity (Wildman–Crippen MR) is 129 cm³/mol. The van der Waals surface area contributed by atoms with Crippen molar-refractivity contribution in [2.45, 2.75) is 52.3 Å². The van der Waals surface area contributed by atoms with Crippen LogP contribution in [-0.4, -0.2) is 78.1 Å². The molecule has 190 valence electrons. The molecule has 3 N–H and O–H groups in total. The zero-order valence-electron chi connectivity index (χ0n) is 20.5. The molecule has 0 aliphatic rings. The lowest BCUT2D eigenvalue weighted by atomic mass is 9.93. The highest BCUT2D eigenvalue weighted by Gasteiger charge is 2.37. The highest BCUT2D eigenvalue weighted by atomic mass is 32.1. The number of thiol groups is 1. The maximum Gasteiger partial charge on any atom is 0.408 e. The fourth-order valence-electron chi connectivity index (χ4n) is 3.32. The number of aliphatic hydroxyl groups excluding tert-OH is 1. The van der Waals surface area contributed by atoms with E-state index in [4.69, 9.17) is 4.74 Å². The second-order valence-corrected chi connectivity index (χ2v) is 9.00. The number of esters is 1. The normalized spacial score (nSPS) is 12.8. The van der Waals surface area contributed by atoms with Crippen LogP contribution in [0.1, 0.15) is 43.5 Å². The number of ether oxygens (including phenoxy) is 2. The average molecular weight is 498 g/mol. The number of methoxy groups -OCH3 is 1. The highest BCUT2D eigenvalue weighted by molar-refractivity contribution is 7.80. The van der Waals surface area contributed by atoms with Gasteiger partial charge in [0.2, 0.25) is 11.8 Å². The maximum atomic E-state index is 13.5. The van der Waals surface area contributed by atoms with Crippen LogP contribution in [0.5, 0.6) is 0 Å². The van der Waals surface area contributed by atoms with Crippen molar-refractivity contribution in [1.29, 1.82) is 0 Å². The van der Waals surface area contributed by atoms with Crippen LogP contribution in [0.2, 0.25) is 0 Å². The van der Waals surface area contributed by atoms with E-state index in [2.05, 4.69) is 28.0 Å². The minimum Gasteiger partial charge on any atom is -0.468 e. The molecule has 0 radical (unpaired) electrons. The maximum absolute atomic E-state index is 13.5. The molecule has 0 saturated heterocycles. The summed E-state index contributed by atoms with van der Waals surface area (Å²) in [6.45, 7) is 7.59. The van der Waals surface area contributed by atoms with E-state index in [0.717, 1.165) is 11.1 Å². The third-order valence-corrected chi connectivity index (χ3v) is 5.17. The summed E-state index contributed by atoms with van der Waals surface area (Å²) in [7, 11) is 1.19. The van der Waals surface area contributed by atoms with E-state index in [1.165, 1.54) is 12.0 Å². The van der Waals surface area contributed by atoms with Gasteiger partial charge in [-0.25, -0.2) is 4.79 Å². The van der Waals surface area contributed by atoms with Crippen molar-refractivity contribution < 1.29 is 33.8 Å². The van der Waals surface area contributed by atoms with Crippen LogP contribution in [0.3, 0.4) is 0 Å². The molecule has 0 aromatic heterocycles. The summed E-state index contributed by atoms with van der Waals surface area (Å²) >= 11 is 4.19. The summed E-state index contributed by atoms with van der Waals surface area (Å²) < 4.78 is 9.82. The van der Waals surface area contributed by atoms with E-state index in [1.807, 2.05) is 6.07 Å². The number of nitrogens with one attached hydrogen (secondary N) is 2. The molecular formula is C23H35N3O7S. The average Bonchev–Trinajstić information content (AvgIpc) is 2.75. The Kier molecular flexibility index (Phi) is 11.3. The molecule has 0 aliphatic heterocycles. The lowest BCUT2D eigenvalue weighted by Gasteiger charge is -2.35. The molecule has 1 aromatic carbocycles. The molecule has 11 heteroatoms. The molecule has 2 atom stereocenters. The fourth-order valence-corrected chi connectivity index (χ4v) is 3.57. The Balaban J connectivity index is 3.41. The molecule has 1 rings (SSSR count). The number of benzene rings is 1. The highest BCUT2D eigenvalue weighted by Crippen LogP contribution is 2.28. The lowest BCUT2D eigenvalue weighted by molar-refractivity contribution is -0.144. The largest absolute Gasteiger partial charge is 0.468 e. The van der Waals surface area contributed by atoms with E-state index in [1.54, 1.807) is 46.8 Å². The van der Waals surface area contributed by atoms with Gasteiger partial charge in [-0.1, -0.05) is 18.2 Å². The zero-order chi connectivity index (χ0) is 26.1. The Morgan fingerprint density at radius 3 is 2.21 bits per heavy atom. The number of hydrogen-bond donors (Lipinski definition) is 4. The lowest BCUT2D eigenvalue weighted by Crippen LogP contribution is -2.54. The van der Waals surface area contributed by atoms with Crippen molar-refractivity contribution >= 4 is 36.5 Å². The number of aryl methyl sites for hydroxylation is 2. The number of amides is 3. The van der Waals surface area contributed by atoms with Crippen molar-refractivity contribution in [2.24, 2.45) is 0 Å². The Hall–Kier alpha value is -2.79. The first kappa shape index (κ1) is 29.2. The summed E-state index contributed by atoms with van der Waals surface area (Å²) in [5.41, 5.74) is 1.22. The van der Waals surface area contributed by atoms with E-state index >= 15 is 0 Å². The minimum atomic E-state index is -1.19. The second kappa shape index (κ2) is 13.2. The second-order valence-electron chi connectivity index (χ2n) is 8.64. The molecule has 3 amide bonds. The molecule has 0 fully saturated rings. The van der Waals surface area contributed by atoms with Gasteiger partial charge >= 0.3 is 12.1 Å². The van der Waals surface area contributed by atoms with E-state index < -0.39 is 54.7 Å². The van der Waals surface area contributed by atoms with Gasteiger partial charge in [0.25, 0.3) is 0 Å². The van der Waals surface area contributed by atoms with E-state index in [-0.39, 0.29) is 12.3 Å². The van der Waals surface area contributed by atoms with Gasteiger partial charge < -0.3 is 30.1 Å². The molecule has 0 saturated carbocycles. The Morgan fingerprint density at radius 2 is 1.74 bits per heavy atom. The number of carbonyl (C=O) groups excluding carboxylic acids is 4. The topological polar surface area (TPSA) is 134 Å². The number of hydrogen-bond acceptors (Lipinski definition) is 8. The SMILES string of the molecule is COC(=O)CNC(=O)C(c1c(C)cccc1C)N(CCO)C(=O)C(CS)NC(=O)OC(C)(C)C. The fraction of sp³-hybridized carbons (Fsp3) is 0.565. The van der Waals surface area contributed by atoms with Crippen LogP contribution in [-0.2, 0) is 23.9 Å². The van der Waals surface area contributed by atoms with E-state index in [9.17, 15) is 24.3 Å². The van der Waals surface area contributed by atoms with Crippen LogP contribution < -0.4 is 10.6 Å². The van der Waals surface area contributed by atoms with Crippen molar-refractivity contribution in [1.82, 2.24) is 15.5 Å². The first-order chi connectivity index (χ1) is 15.9. The molecule has 0 heterocycles. The summed E-state index contributed by atoms with van der Waals surface area (Å²) in [5, 5.41) is 14.7. The van der Waals surface area contributed by atoms with Gasteiger partial charge in [0.05, 0.1) is 13.7 Å². The first-order valence-electron chi connectivity index (χ1n) is 10.8. The molecule has 34 heavy (non-hydrogen) atoms. The van der Waals surface area contributed by atoms with Crippen LogP contribution in [0.25, 0.3) is 0 Å². The Labute approximate surface area is 205 Å². The Morgan fingerprint density at radius 1 is 1.15 bits per heavy atom. The van der Waals surface area contributed by atoms with Gasteiger partial charge in [0.15, 0.2) is 0 Å². The molecule has 2 unspecified atom stereocenters. The monoisotopic (exact) mass is 497 g/mol. The summed E-state index contributed by atoms with van der Waals surface area (Å²) in [6, 6.07) is 3.08. The van der Waals surface area contributed by atoms with Gasteiger partial charge in [-0.3, -0.25) is 14.4 Å². The first-order valence-corrected chi connectivity index (χ1v) is 11.4. The quantitative estimate of drug-likeness (QED) is 0.283. The third-order valence-electron chi connectivity index (χ3n) is 4.81. The molecule has 1 aromatic rings. The van der Waals surface area contributed by atoms with Crippen molar-refractivity contribution in [3.63, 3.8) is 0 Å². The van der Waals surface area contributed by atoms with Gasteiger partial charge in [-0.05, 0) is 51.3 Å². The molecular weight excluding hydrogens is 462 g/mol. The van der Waals surface area contributed by atoms with Gasteiger partial charge in [0, 0.05) is 12.3 Å². The standard InChI is InChI=1S/C23H35N3O7S/c1-14-8-7-9-15(2)18(14)19(20(29)24-12-17(28)32-6)26(10-11-27)21(30)16(13-34)25-22(31)33-23(3,4)5/h7-9,16,19,27,34H,10-13H2,1-6H3,(H,24,29)(H,25,31). The van der Waals surface area contributed by atoms with Crippen molar-refractivity contribution in [3.8, 4) is 0 Å². The van der Waals surface area contributed by atoms with Crippen LogP contribution >= 0.6 is 12.6 Å². The Bertz CT molecular complexity index is 866. The van der Waals surface area contributed by atoms with Crippen LogP contribution in [0, 0.1) is 13.8 Å². The number of nitrogens with zero attached hydrogens (tertiary/aromatic N) is 1. The number of carbonyl (C=O) groups is 4. The summed E-state index contributed by atoms with van der Waals surface area (Å²) in [5.74, 6) is -2.02. The van der Waals surface area contributed by atoms with Gasteiger partial charge in [-0.2, -0.15) is 12.6 Å². The van der Waals surface area contributed by atoms with Crippen molar-refractivity contribution in [2.75, 3.05) is 32.6 Å². The van der Waals surface area contributed by atoms with Crippen LogP contribution in [0.15, 0.2) is 18.2 Å². The minimum absolute atomic E-state index is 0.0801. The molecule has 0 spiro atoms. The molecule has 10 nitrogen and oxygen atoms in total. The zero-order valence-corrected chi connectivity index (χ0v) is 21.4. The number of aliphatic hydroxyl groups is 1. The van der Waals surface area contributed by atoms with Crippen molar-refractivity contribution in [3.05, 3.63) is 34.9 Å². The predicted octanol–water partition coefficient (Wildman–Crippen LogP) is 1.28.